The number of anilines is 1. The summed E-state index contributed by atoms with van der Waals surface area (Å²) in [5.74, 6) is 1.01. The first-order chi connectivity index (χ1) is 8.93. The first-order valence-electron chi connectivity index (χ1n) is 6.37. The van der Waals surface area contributed by atoms with E-state index in [1.54, 1.807) is 17.7 Å². The molecule has 1 aliphatic carbocycles. The zero-order chi connectivity index (χ0) is 12.2. The molecule has 0 fully saturated rings. The van der Waals surface area contributed by atoms with Crippen LogP contribution in [0.25, 0.3) is 0 Å². The van der Waals surface area contributed by atoms with Crippen molar-refractivity contribution in [2.45, 2.75) is 38.6 Å². The zero-order valence-electron chi connectivity index (χ0n) is 10.2. The SMILES string of the molecule is c1nc2c(c(NCc3cncs3)n1)CCCCC2. The maximum Gasteiger partial charge on any atom is 0.133 e. The summed E-state index contributed by atoms with van der Waals surface area (Å²) in [6.45, 7) is 0.800. The lowest BCUT2D eigenvalue weighted by Crippen LogP contribution is -2.07. The molecular formula is C13H16N4S. The Morgan fingerprint density at radius 3 is 3.00 bits per heavy atom. The average Bonchev–Trinajstić information content (AvgIpc) is 2.79. The van der Waals surface area contributed by atoms with Crippen molar-refractivity contribution < 1.29 is 0 Å². The topological polar surface area (TPSA) is 50.7 Å². The number of fused-ring (bicyclic) bond motifs is 1. The van der Waals surface area contributed by atoms with Crippen LogP contribution in [-0.4, -0.2) is 15.0 Å². The number of rotatable bonds is 3. The van der Waals surface area contributed by atoms with Crippen LogP contribution in [-0.2, 0) is 19.4 Å². The van der Waals surface area contributed by atoms with Gasteiger partial charge in [-0.1, -0.05) is 6.42 Å². The summed E-state index contributed by atoms with van der Waals surface area (Å²) in [6, 6.07) is 0. The van der Waals surface area contributed by atoms with E-state index in [-0.39, 0.29) is 0 Å². The predicted molar refractivity (Wildman–Crippen MR) is 72.7 cm³/mol. The number of aryl methyl sites for hydroxylation is 1. The third kappa shape index (κ3) is 2.51. The van der Waals surface area contributed by atoms with Gasteiger partial charge in [0.05, 0.1) is 12.1 Å². The van der Waals surface area contributed by atoms with Gasteiger partial charge in [0.2, 0.25) is 0 Å². The lowest BCUT2D eigenvalue weighted by molar-refractivity contribution is 0.709. The fraction of sp³-hybridized carbons (Fsp3) is 0.462. The molecule has 2 aromatic rings. The molecule has 0 spiro atoms. The van der Waals surface area contributed by atoms with Crippen LogP contribution in [0.15, 0.2) is 18.0 Å². The van der Waals surface area contributed by atoms with E-state index in [0.717, 1.165) is 25.2 Å². The maximum atomic E-state index is 4.42. The molecule has 0 amide bonds. The highest BCUT2D eigenvalue weighted by molar-refractivity contribution is 7.09. The van der Waals surface area contributed by atoms with Crippen LogP contribution in [0.5, 0.6) is 0 Å². The van der Waals surface area contributed by atoms with Crippen molar-refractivity contribution in [3.05, 3.63) is 34.2 Å². The molecule has 0 saturated carbocycles. The first-order valence-corrected chi connectivity index (χ1v) is 7.25. The van der Waals surface area contributed by atoms with Gasteiger partial charge in [-0.2, -0.15) is 0 Å². The molecule has 2 heterocycles. The summed E-state index contributed by atoms with van der Waals surface area (Å²) in [6.07, 6.45) is 9.56. The molecule has 4 nitrogen and oxygen atoms in total. The largest absolute Gasteiger partial charge is 0.365 e. The highest BCUT2D eigenvalue weighted by atomic mass is 32.1. The van der Waals surface area contributed by atoms with Crippen molar-refractivity contribution in [2.24, 2.45) is 0 Å². The van der Waals surface area contributed by atoms with Gasteiger partial charge in [0.1, 0.15) is 12.1 Å². The van der Waals surface area contributed by atoms with E-state index in [4.69, 9.17) is 0 Å². The highest BCUT2D eigenvalue weighted by Crippen LogP contribution is 2.24. The van der Waals surface area contributed by atoms with Crippen LogP contribution in [0.2, 0.25) is 0 Å². The molecule has 2 aromatic heterocycles. The molecule has 0 atom stereocenters. The fourth-order valence-corrected chi connectivity index (χ4v) is 2.88. The van der Waals surface area contributed by atoms with Gasteiger partial charge in [-0.25, -0.2) is 9.97 Å². The van der Waals surface area contributed by atoms with Crippen LogP contribution in [0.1, 0.15) is 35.4 Å². The normalized spacial score (nSPS) is 14.9. The molecular weight excluding hydrogens is 244 g/mol. The standard InChI is InChI=1S/C13H16N4S/c1-2-4-11-12(5-3-1)16-8-17-13(11)15-7-10-6-14-9-18-10/h6,8-9H,1-5,7H2,(H,15,16,17). The number of thiazole rings is 1. The molecule has 0 aromatic carbocycles. The predicted octanol–water partition coefficient (Wildman–Crippen LogP) is 2.81. The van der Waals surface area contributed by atoms with E-state index in [2.05, 4.69) is 20.3 Å². The molecule has 5 heteroatoms. The molecule has 1 N–H and O–H groups in total. The molecule has 0 unspecified atom stereocenters. The van der Waals surface area contributed by atoms with Crippen molar-refractivity contribution in [1.82, 2.24) is 15.0 Å². The zero-order valence-corrected chi connectivity index (χ0v) is 11.0. The van der Waals surface area contributed by atoms with E-state index < -0.39 is 0 Å². The molecule has 94 valence electrons. The Morgan fingerprint density at radius 2 is 2.11 bits per heavy atom. The minimum Gasteiger partial charge on any atom is -0.365 e. The second kappa shape index (κ2) is 5.44. The van der Waals surface area contributed by atoms with Crippen LogP contribution in [0.4, 0.5) is 5.82 Å². The van der Waals surface area contributed by atoms with E-state index >= 15 is 0 Å². The molecule has 3 rings (SSSR count). The van der Waals surface area contributed by atoms with Crippen molar-refractivity contribution >= 4 is 17.2 Å². The Hall–Kier alpha value is -1.49. The van der Waals surface area contributed by atoms with Crippen molar-refractivity contribution in [3.63, 3.8) is 0 Å². The molecule has 0 radical (unpaired) electrons. The summed E-state index contributed by atoms with van der Waals surface area (Å²) in [7, 11) is 0. The van der Waals surface area contributed by atoms with Crippen molar-refractivity contribution in [1.29, 1.82) is 0 Å². The van der Waals surface area contributed by atoms with Gasteiger partial charge in [0.15, 0.2) is 0 Å². The minimum absolute atomic E-state index is 0.800. The molecule has 18 heavy (non-hydrogen) atoms. The van der Waals surface area contributed by atoms with E-state index in [1.807, 2.05) is 11.7 Å². The van der Waals surface area contributed by atoms with Crippen molar-refractivity contribution in [3.8, 4) is 0 Å². The number of nitrogens with zero attached hydrogens (tertiary/aromatic N) is 3. The van der Waals surface area contributed by atoms with Gasteiger partial charge in [0.25, 0.3) is 0 Å². The van der Waals surface area contributed by atoms with Gasteiger partial charge in [-0.05, 0) is 25.7 Å². The van der Waals surface area contributed by atoms with Crippen LogP contribution >= 0.6 is 11.3 Å². The van der Waals surface area contributed by atoms with Crippen molar-refractivity contribution in [2.75, 3.05) is 5.32 Å². The third-order valence-electron chi connectivity index (χ3n) is 3.29. The van der Waals surface area contributed by atoms with Gasteiger partial charge < -0.3 is 5.32 Å². The maximum absolute atomic E-state index is 4.42. The van der Waals surface area contributed by atoms with E-state index in [1.165, 1.54) is 35.4 Å². The Balaban J connectivity index is 1.79. The average molecular weight is 260 g/mol. The molecule has 0 aliphatic heterocycles. The van der Waals surface area contributed by atoms with Gasteiger partial charge in [-0.3, -0.25) is 4.98 Å². The summed E-state index contributed by atoms with van der Waals surface area (Å²) in [5, 5.41) is 3.42. The number of hydrogen-bond donors (Lipinski definition) is 1. The van der Waals surface area contributed by atoms with Crippen LogP contribution < -0.4 is 5.32 Å². The lowest BCUT2D eigenvalue weighted by Gasteiger charge is -2.11. The lowest BCUT2D eigenvalue weighted by atomic mass is 10.1. The Labute approximate surface area is 111 Å². The number of nitrogens with one attached hydrogen (secondary N) is 1. The third-order valence-corrected chi connectivity index (χ3v) is 4.07. The van der Waals surface area contributed by atoms with Crippen LogP contribution in [0, 0.1) is 0 Å². The molecule has 1 aliphatic rings. The highest BCUT2D eigenvalue weighted by Gasteiger charge is 2.14. The molecule has 0 saturated heterocycles. The first kappa shape index (κ1) is 11.6. The second-order valence-electron chi connectivity index (χ2n) is 4.53. The Kier molecular flexibility index (Phi) is 3.50. The van der Waals surface area contributed by atoms with Gasteiger partial charge in [0, 0.05) is 22.3 Å². The van der Waals surface area contributed by atoms with E-state index in [9.17, 15) is 0 Å². The van der Waals surface area contributed by atoms with E-state index in [0.29, 0.717) is 0 Å². The summed E-state index contributed by atoms with van der Waals surface area (Å²) >= 11 is 1.67. The number of aromatic nitrogens is 3. The summed E-state index contributed by atoms with van der Waals surface area (Å²) < 4.78 is 0. The summed E-state index contributed by atoms with van der Waals surface area (Å²) in [5.41, 5.74) is 4.41. The second-order valence-corrected chi connectivity index (χ2v) is 5.50. The van der Waals surface area contributed by atoms with Crippen LogP contribution in [0.3, 0.4) is 0 Å². The minimum atomic E-state index is 0.800. The van der Waals surface area contributed by atoms with Gasteiger partial charge >= 0.3 is 0 Å². The van der Waals surface area contributed by atoms with Gasteiger partial charge in [-0.15, -0.1) is 11.3 Å². The quantitative estimate of drug-likeness (QED) is 0.862. The number of hydrogen-bond acceptors (Lipinski definition) is 5. The smallest absolute Gasteiger partial charge is 0.133 e. The Morgan fingerprint density at radius 1 is 1.17 bits per heavy atom. The Bertz CT molecular complexity index is 510. The summed E-state index contributed by atoms with van der Waals surface area (Å²) in [4.78, 5) is 14.1. The fourth-order valence-electron chi connectivity index (χ4n) is 2.35. The molecule has 0 bridgehead atoms. The monoisotopic (exact) mass is 260 g/mol.